The Labute approximate surface area is 111 Å². The van der Waals surface area contributed by atoms with Crippen molar-refractivity contribution < 1.29 is 4.39 Å². The van der Waals surface area contributed by atoms with E-state index in [0.717, 1.165) is 38.4 Å². The molecule has 1 aromatic carbocycles. The number of piperazine rings is 1. The Morgan fingerprint density at radius 2 is 1.88 bits per heavy atom. The van der Waals surface area contributed by atoms with Crippen LogP contribution in [0.15, 0.2) is 18.2 Å². The smallest absolute Gasteiger partial charge is 0.143 e. The lowest BCUT2D eigenvalue weighted by Crippen LogP contribution is -2.46. The summed E-state index contributed by atoms with van der Waals surface area (Å²) in [4.78, 5) is 4.49. The van der Waals surface area contributed by atoms with Crippen LogP contribution in [0.3, 0.4) is 0 Å². The van der Waals surface area contributed by atoms with Gasteiger partial charge < -0.3 is 4.90 Å². The largest absolute Gasteiger partial charge is 0.369 e. The fraction of sp³-hybridized carbons (Fsp3) is 0.500. The van der Waals surface area contributed by atoms with E-state index >= 15 is 0 Å². The van der Waals surface area contributed by atoms with E-state index < -0.39 is 0 Å². The monoisotopic (exact) mass is 276 g/mol. The summed E-state index contributed by atoms with van der Waals surface area (Å²) in [5.41, 5.74) is 0.900. The van der Waals surface area contributed by atoms with E-state index in [2.05, 4.69) is 9.80 Å². The number of hydrogen-bond acceptors (Lipinski definition) is 2. The number of anilines is 1. The first kappa shape index (κ1) is 12.9. The van der Waals surface area contributed by atoms with Gasteiger partial charge in [0.15, 0.2) is 0 Å². The highest BCUT2D eigenvalue weighted by molar-refractivity contribution is 6.30. The molecule has 1 fully saturated rings. The summed E-state index contributed by atoms with van der Waals surface area (Å²) >= 11 is 11.4. The summed E-state index contributed by atoms with van der Waals surface area (Å²) < 4.78 is 13.3. The van der Waals surface area contributed by atoms with Gasteiger partial charge in [0.2, 0.25) is 0 Å². The number of rotatable bonds is 3. The van der Waals surface area contributed by atoms with Crippen molar-refractivity contribution in [3.8, 4) is 0 Å². The van der Waals surface area contributed by atoms with E-state index in [1.807, 2.05) is 6.07 Å². The third-order valence-electron chi connectivity index (χ3n) is 3.04. The van der Waals surface area contributed by atoms with Gasteiger partial charge in [-0.1, -0.05) is 11.6 Å². The van der Waals surface area contributed by atoms with Gasteiger partial charge in [-0.25, -0.2) is 4.39 Å². The van der Waals surface area contributed by atoms with Crippen molar-refractivity contribution in [2.75, 3.05) is 43.5 Å². The first-order chi connectivity index (χ1) is 8.20. The van der Waals surface area contributed by atoms with Crippen molar-refractivity contribution in [1.82, 2.24) is 4.90 Å². The third kappa shape index (κ3) is 3.24. The molecular weight excluding hydrogens is 262 g/mol. The van der Waals surface area contributed by atoms with E-state index in [1.165, 1.54) is 6.07 Å². The van der Waals surface area contributed by atoms with Gasteiger partial charge in [0, 0.05) is 44.3 Å². The molecule has 0 saturated carbocycles. The van der Waals surface area contributed by atoms with Crippen LogP contribution in [0.5, 0.6) is 0 Å². The lowest BCUT2D eigenvalue weighted by molar-refractivity contribution is 0.272. The molecule has 0 aromatic heterocycles. The van der Waals surface area contributed by atoms with Crippen LogP contribution >= 0.6 is 23.2 Å². The van der Waals surface area contributed by atoms with Gasteiger partial charge in [-0.05, 0) is 18.2 Å². The molecule has 94 valence electrons. The second-order valence-electron chi connectivity index (χ2n) is 4.12. The molecule has 0 amide bonds. The Kier molecular flexibility index (Phi) is 4.48. The van der Waals surface area contributed by atoms with Gasteiger partial charge in [-0.3, -0.25) is 4.90 Å². The standard InChI is InChI=1S/C12H15Cl2FN2/c13-3-4-16-5-7-17(8-6-16)10-1-2-11(14)12(15)9-10/h1-2,9H,3-8H2. The van der Waals surface area contributed by atoms with Gasteiger partial charge >= 0.3 is 0 Å². The van der Waals surface area contributed by atoms with Crippen molar-refractivity contribution >= 4 is 28.9 Å². The Balaban J connectivity index is 1.98. The lowest BCUT2D eigenvalue weighted by Gasteiger charge is -2.35. The molecule has 1 aliphatic heterocycles. The molecule has 2 nitrogen and oxygen atoms in total. The molecule has 5 heteroatoms. The quantitative estimate of drug-likeness (QED) is 0.784. The highest BCUT2D eigenvalue weighted by Crippen LogP contribution is 2.22. The van der Waals surface area contributed by atoms with E-state index in [1.54, 1.807) is 6.07 Å². The molecule has 0 bridgehead atoms. The number of alkyl halides is 1. The fourth-order valence-corrected chi connectivity index (χ4v) is 2.39. The van der Waals surface area contributed by atoms with Gasteiger partial charge in [-0.15, -0.1) is 11.6 Å². The molecular formula is C12H15Cl2FN2. The van der Waals surface area contributed by atoms with Crippen LogP contribution in [-0.4, -0.2) is 43.5 Å². The average molecular weight is 277 g/mol. The van der Waals surface area contributed by atoms with Gasteiger partial charge in [-0.2, -0.15) is 0 Å². The van der Waals surface area contributed by atoms with Crippen LogP contribution in [0.2, 0.25) is 5.02 Å². The molecule has 0 radical (unpaired) electrons. The fourth-order valence-electron chi connectivity index (χ4n) is 2.03. The minimum Gasteiger partial charge on any atom is -0.369 e. The minimum absolute atomic E-state index is 0.175. The average Bonchev–Trinajstić information content (AvgIpc) is 2.34. The van der Waals surface area contributed by atoms with Crippen LogP contribution in [-0.2, 0) is 0 Å². The van der Waals surface area contributed by atoms with Crippen LogP contribution in [0, 0.1) is 5.82 Å². The van der Waals surface area contributed by atoms with Gasteiger partial charge in [0.1, 0.15) is 5.82 Å². The summed E-state index contributed by atoms with van der Waals surface area (Å²) in [5.74, 6) is 0.308. The molecule has 1 aromatic rings. The highest BCUT2D eigenvalue weighted by atomic mass is 35.5. The zero-order valence-electron chi connectivity index (χ0n) is 9.50. The summed E-state index contributed by atoms with van der Waals surface area (Å²) in [6.45, 7) is 4.66. The SMILES string of the molecule is Fc1cc(N2CCN(CCCl)CC2)ccc1Cl. The first-order valence-electron chi connectivity index (χ1n) is 5.69. The predicted octanol–water partition coefficient (Wildman–Crippen LogP) is 2.84. The Hall–Kier alpha value is -0.510. The molecule has 17 heavy (non-hydrogen) atoms. The normalized spacial score (nSPS) is 17.5. The summed E-state index contributed by atoms with van der Waals surface area (Å²) in [6.07, 6.45) is 0. The van der Waals surface area contributed by atoms with Crippen molar-refractivity contribution in [2.45, 2.75) is 0 Å². The predicted molar refractivity (Wildman–Crippen MR) is 70.8 cm³/mol. The number of benzene rings is 1. The van der Waals surface area contributed by atoms with Crippen molar-refractivity contribution in [3.05, 3.63) is 29.0 Å². The van der Waals surface area contributed by atoms with Crippen molar-refractivity contribution in [3.63, 3.8) is 0 Å². The molecule has 0 unspecified atom stereocenters. The molecule has 0 aliphatic carbocycles. The molecule has 1 saturated heterocycles. The Morgan fingerprint density at radius 3 is 2.47 bits per heavy atom. The zero-order chi connectivity index (χ0) is 12.3. The molecule has 2 rings (SSSR count). The highest BCUT2D eigenvalue weighted by Gasteiger charge is 2.17. The maximum Gasteiger partial charge on any atom is 0.143 e. The summed E-state index contributed by atoms with van der Waals surface area (Å²) in [5, 5.41) is 0.175. The molecule has 0 atom stereocenters. The summed E-state index contributed by atoms with van der Waals surface area (Å²) in [6, 6.07) is 4.97. The van der Waals surface area contributed by atoms with E-state index in [9.17, 15) is 4.39 Å². The lowest BCUT2D eigenvalue weighted by atomic mass is 10.2. The van der Waals surface area contributed by atoms with E-state index in [-0.39, 0.29) is 10.8 Å². The van der Waals surface area contributed by atoms with E-state index in [4.69, 9.17) is 23.2 Å². The maximum absolute atomic E-state index is 13.3. The molecule has 0 N–H and O–H groups in total. The van der Waals surface area contributed by atoms with Gasteiger partial charge in [0.25, 0.3) is 0 Å². The van der Waals surface area contributed by atoms with Crippen LogP contribution in [0.4, 0.5) is 10.1 Å². The molecule has 1 heterocycles. The first-order valence-corrected chi connectivity index (χ1v) is 6.60. The minimum atomic E-state index is -0.354. The number of nitrogens with zero attached hydrogens (tertiary/aromatic N) is 2. The van der Waals surface area contributed by atoms with Crippen LogP contribution < -0.4 is 4.90 Å². The third-order valence-corrected chi connectivity index (χ3v) is 3.52. The second kappa shape index (κ2) is 5.89. The Bertz CT molecular complexity index is 379. The van der Waals surface area contributed by atoms with Gasteiger partial charge in [0.05, 0.1) is 5.02 Å². The van der Waals surface area contributed by atoms with Crippen molar-refractivity contribution in [2.24, 2.45) is 0 Å². The number of hydrogen-bond donors (Lipinski definition) is 0. The van der Waals surface area contributed by atoms with Crippen LogP contribution in [0.1, 0.15) is 0 Å². The second-order valence-corrected chi connectivity index (χ2v) is 4.90. The Morgan fingerprint density at radius 1 is 1.18 bits per heavy atom. The molecule has 0 spiro atoms. The zero-order valence-corrected chi connectivity index (χ0v) is 11.0. The summed E-state index contributed by atoms with van der Waals surface area (Å²) in [7, 11) is 0. The topological polar surface area (TPSA) is 6.48 Å². The molecule has 1 aliphatic rings. The van der Waals surface area contributed by atoms with Crippen LogP contribution in [0.25, 0.3) is 0 Å². The van der Waals surface area contributed by atoms with Crippen molar-refractivity contribution in [1.29, 1.82) is 0 Å². The maximum atomic E-state index is 13.3. The number of halogens is 3. The van der Waals surface area contributed by atoms with E-state index in [0.29, 0.717) is 5.88 Å².